The molecule has 0 unspecified atom stereocenters. The predicted octanol–water partition coefficient (Wildman–Crippen LogP) is 5.92. The van der Waals surface area contributed by atoms with Gasteiger partial charge in [0.25, 0.3) is 0 Å². The smallest absolute Gasteiger partial charge is 0.109 e. The predicted molar refractivity (Wildman–Crippen MR) is 95.8 cm³/mol. The summed E-state index contributed by atoms with van der Waals surface area (Å²) in [6, 6.07) is 17.3. The van der Waals surface area contributed by atoms with Crippen LogP contribution in [0.4, 0.5) is 0 Å². The summed E-state index contributed by atoms with van der Waals surface area (Å²) in [5.74, 6) is 0. The maximum atomic E-state index is 7.21. The van der Waals surface area contributed by atoms with Gasteiger partial charge >= 0.3 is 0 Å². The lowest BCUT2D eigenvalue weighted by Crippen LogP contribution is -2.53. The highest BCUT2D eigenvalue weighted by Gasteiger charge is 2.64. The lowest BCUT2D eigenvalue weighted by Gasteiger charge is -2.55. The van der Waals surface area contributed by atoms with Gasteiger partial charge in [0, 0.05) is 0 Å². The lowest BCUT2D eigenvalue weighted by molar-refractivity contribution is 0.460. The van der Waals surface area contributed by atoms with Gasteiger partial charge in [0.1, 0.15) is 4.21 Å². The minimum absolute atomic E-state index is 0.281. The third-order valence-electron chi connectivity index (χ3n) is 5.24. The van der Waals surface area contributed by atoms with Gasteiger partial charge in [-0.15, -0.1) is 35.0 Å². The molecule has 0 amide bonds. The highest BCUT2D eigenvalue weighted by molar-refractivity contribution is 8.03. The Bertz CT molecular complexity index is 782. The van der Waals surface area contributed by atoms with Crippen LogP contribution < -0.4 is 0 Å². The molecule has 2 aromatic rings. The number of fused-ring (bicyclic) bond motifs is 4. The number of allylic oxidation sites excluding steroid dienone is 1. The summed E-state index contributed by atoms with van der Waals surface area (Å²) in [5, 5.41) is 0. The van der Waals surface area contributed by atoms with E-state index in [-0.39, 0.29) is 8.95 Å². The van der Waals surface area contributed by atoms with E-state index in [0.29, 0.717) is 0 Å². The van der Waals surface area contributed by atoms with Crippen molar-refractivity contribution in [3.05, 3.63) is 71.8 Å². The number of rotatable bonds is 0. The second-order valence-electron chi connectivity index (χ2n) is 6.36. The third-order valence-corrected chi connectivity index (χ3v) is 8.28. The summed E-state index contributed by atoms with van der Waals surface area (Å²) < 4.78 is -0.627. The lowest BCUT2D eigenvalue weighted by atomic mass is 9.76. The summed E-state index contributed by atoms with van der Waals surface area (Å²) in [6.07, 6.45) is 6.08. The van der Waals surface area contributed by atoms with Crippen LogP contribution in [0.25, 0.3) is 11.1 Å². The fraction of sp³-hybridized carbons (Fsp3) is 0.263. The van der Waals surface area contributed by atoms with Crippen molar-refractivity contribution < 1.29 is 0 Å². The maximum absolute atomic E-state index is 7.21. The van der Waals surface area contributed by atoms with Crippen LogP contribution in [0.2, 0.25) is 0 Å². The Labute approximate surface area is 144 Å². The Morgan fingerprint density at radius 3 is 1.91 bits per heavy atom. The number of halogens is 2. The van der Waals surface area contributed by atoms with Crippen molar-refractivity contribution in [3.63, 3.8) is 0 Å². The fourth-order valence-electron chi connectivity index (χ4n) is 4.25. The quantitative estimate of drug-likeness (QED) is 0.422. The molecule has 22 heavy (non-hydrogen) atoms. The Morgan fingerprint density at radius 2 is 1.36 bits per heavy atom. The standard InChI is InChI=1S/C19H14Cl2S/c20-17-9-11-18(21,12-10-17)22-19(17)15-7-3-1-5-13(15)14-6-2-4-8-16(14)19/h1-9,11H,10,12H2/t17-,18-/m0/s1. The van der Waals surface area contributed by atoms with E-state index in [4.69, 9.17) is 23.2 Å². The molecule has 2 aliphatic heterocycles. The zero-order chi connectivity index (χ0) is 15.0. The Morgan fingerprint density at radius 1 is 0.773 bits per heavy atom. The zero-order valence-electron chi connectivity index (χ0n) is 11.9. The van der Waals surface area contributed by atoms with Gasteiger partial charge < -0.3 is 0 Å². The summed E-state index contributed by atoms with van der Waals surface area (Å²) in [5.41, 5.74) is 5.22. The molecule has 0 nitrogen and oxygen atoms in total. The van der Waals surface area contributed by atoms with Crippen LogP contribution in [0.1, 0.15) is 24.0 Å². The van der Waals surface area contributed by atoms with E-state index < -0.39 is 4.87 Å². The normalized spacial score (nSPS) is 33.0. The summed E-state index contributed by atoms with van der Waals surface area (Å²) in [6.45, 7) is 0. The second kappa shape index (κ2) is 4.14. The molecule has 2 aliphatic carbocycles. The average Bonchev–Trinajstić information content (AvgIpc) is 2.82. The van der Waals surface area contributed by atoms with Crippen molar-refractivity contribution in [1.29, 1.82) is 0 Å². The molecule has 1 spiro atoms. The van der Waals surface area contributed by atoms with E-state index in [1.54, 1.807) is 0 Å². The molecule has 3 heteroatoms. The molecule has 110 valence electrons. The van der Waals surface area contributed by atoms with E-state index in [1.165, 1.54) is 22.3 Å². The first-order chi connectivity index (χ1) is 10.6. The van der Waals surface area contributed by atoms with Gasteiger partial charge in [-0.25, -0.2) is 0 Å². The van der Waals surface area contributed by atoms with Crippen molar-refractivity contribution in [3.8, 4) is 11.1 Å². The average molecular weight is 345 g/mol. The van der Waals surface area contributed by atoms with Crippen LogP contribution in [0.5, 0.6) is 0 Å². The summed E-state index contributed by atoms with van der Waals surface area (Å²) in [4.78, 5) is -0.406. The van der Waals surface area contributed by atoms with Crippen LogP contribution >= 0.6 is 35.0 Å². The van der Waals surface area contributed by atoms with Crippen molar-refractivity contribution in [1.82, 2.24) is 0 Å². The number of alkyl halides is 2. The van der Waals surface area contributed by atoms with Crippen molar-refractivity contribution >= 4 is 35.0 Å². The van der Waals surface area contributed by atoms with Crippen molar-refractivity contribution in [2.24, 2.45) is 0 Å². The van der Waals surface area contributed by atoms with Crippen LogP contribution in [-0.4, -0.2) is 9.08 Å². The van der Waals surface area contributed by atoms with Crippen LogP contribution in [0, 0.1) is 0 Å². The first kappa shape index (κ1) is 13.5. The molecule has 2 aromatic carbocycles. The van der Waals surface area contributed by atoms with E-state index in [1.807, 2.05) is 11.8 Å². The van der Waals surface area contributed by atoms with Crippen LogP contribution in [0.3, 0.4) is 0 Å². The topological polar surface area (TPSA) is 0 Å². The minimum Gasteiger partial charge on any atom is -0.116 e. The largest absolute Gasteiger partial charge is 0.116 e. The monoisotopic (exact) mass is 344 g/mol. The zero-order valence-corrected chi connectivity index (χ0v) is 14.2. The van der Waals surface area contributed by atoms with Crippen LogP contribution in [-0.2, 0) is 4.75 Å². The molecular weight excluding hydrogens is 331 g/mol. The van der Waals surface area contributed by atoms with Gasteiger partial charge in [-0.05, 0) is 35.1 Å². The Kier molecular flexibility index (Phi) is 2.55. The fourth-order valence-corrected chi connectivity index (χ4v) is 6.99. The highest BCUT2D eigenvalue weighted by atomic mass is 35.5. The molecule has 1 saturated heterocycles. The van der Waals surface area contributed by atoms with E-state index in [9.17, 15) is 0 Å². The van der Waals surface area contributed by atoms with Crippen LogP contribution in [0.15, 0.2) is 60.7 Å². The van der Waals surface area contributed by atoms with Crippen molar-refractivity contribution in [2.75, 3.05) is 0 Å². The third kappa shape index (κ3) is 1.43. The molecule has 0 radical (unpaired) electrons. The molecule has 2 heterocycles. The Hall–Kier alpha value is -0.890. The number of thioether (sulfide) groups is 1. The molecule has 1 fully saturated rings. The van der Waals surface area contributed by atoms with Gasteiger partial charge in [0.2, 0.25) is 0 Å². The molecule has 2 bridgehead atoms. The van der Waals surface area contributed by atoms with Gasteiger partial charge in [0.05, 0.1) is 9.62 Å². The molecule has 4 aliphatic rings. The molecule has 0 saturated carbocycles. The summed E-state index contributed by atoms with van der Waals surface area (Å²) >= 11 is 15.9. The van der Waals surface area contributed by atoms with E-state index in [2.05, 4.69) is 60.7 Å². The SMILES string of the molecule is Cl[C@]12C=C[C@](Cl)(CC1)C1(S2)c2ccccc2-c2ccccc21. The summed E-state index contributed by atoms with van der Waals surface area (Å²) in [7, 11) is 0. The van der Waals surface area contributed by atoms with Gasteiger partial charge in [-0.3, -0.25) is 0 Å². The van der Waals surface area contributed by atoms with Crippen molar-refractivity contribution in [2.45, 2.75) is 26.7 Å². The molecule has 2 atom stereocenters. The number of hydrogen-bond donors (Lipinski definition) is 0. The van der Waals surface area contributed by atoms with E-state index >= 15 is 0 Å². The molecular formula is C19H14Cl2S. The molecule has 6 rings (SSSR count). The number of hydrogen-bond acceptors (Lipinski definition) is 1. The minimum atomic E-state index is -0.406. The molecule has 0 aromatic heterocycles. The maximum Gasteiger partial charge on any atom is 0.109 e. The van der Waals surface area contributed by atoms with Gasteiger partial charge in [0.15, 0.2) is 0 Å². The number of benzene rings is 2. The van der Waals surface area contributed by atoms with E-state index in [0.717, 1.165) is 12.8 Å². The first-order valence-electron chi connectivity index (χ1n) is 7.56. The first-order valence-corrected chi connectivity index (χ1v) is 9.13. The highest BCUT2D eigenvalue weighted by Crippen LogP contribution is 2.72. The van der Waals surface area contributed by atoms with Gasteiger partial charge in [-0.1, -0.05) is 60.7 Å². The Balaban J connectivity index is 1.91. The van der Waals surface area contributed by atoms with Gasteiger partial charge in [-0.2, -0.15) is 0 Å². The molecule has 0 N–H and O–H groups in total. The second-order valence-corrected chi connectivity index (χ2v) is 9.47.